The van der Waals surface area contributed by atoms with Gasteiger partial charge in [-0.05, 0) is 48.5 Å². The van der Waals surface area contributed by atoms with E-state index < -0.39 is 0 Å². The number of nitrogens with zero attached hydrogens (tertiary/aromatic N) is 4. The highest BCUT2D eigenvalue weighted by molar-refractivity contribution is 9.10. The molecule has 1 heterocycles. The molecule has 118 valence electrons. The lowest BCUT2D eigenvalue weighted by Crippen LogP contribution is -2.01. The smallest absolute Gasteiger partial charge is 0.201 e. The quantitative estimate of drug-likeness (QED) is 0.285. The molecule has 6 heteroatoms. The molecule has 0 aliphatic carbocycles. The summed E-state index contributed by atoms with van der Waals surface area (Å²) in [5, 5.41) is 12.8. The minimum Gasteiger partial charge on any atom is -0.276 e. The number of amidine groups is 1. The second-order valence-electron chi connectivity index (χ2n) is 4.81. The Balaban J connectivity index is 1.88. The second-order valence-corrected chi connectivity index (χ2v) is 5.72. The van der Waals surface area contributed by atoms with Crippen molar-refractivity contribution in [2.24, 2.45) is 15.3 Å². The highest BCUT2D eigenvalue weighted by atomic mass is 79.9. The van der Waals surface area contributed by atoms with E-state index in [2.05, 4.69) is 41.7 Å². The summed E-state index contributed by atoms with van der Waals surface area (Å²) in [7, 11) is 0. The summed E-state index contributed by atoms with van der Waals surface area (Å²) in [4.78, 5) is 4.13. The lowest BCUT2D eigenvalue weighted by molar-refractivity contribution is 1.16. The van der Waals surface area contributed by atoms with Crippen LogP contribution in [-0.4, -0.2) is 10.8 Å². The number of azo groups is 1. The van der Waals surface area contributed by atoms with Gasteiger partial charge in [0.25, 0.3) is 0 Å². The molecule has 5 nitrogen and oxygen atoms in total. The molecule has 1 N–H and O–H groups in total. The van der Waals surface area contributed by atoms with E-state index in [1.807, 2.05) is 66.7 Å². The Morgan fingerprint density at radius 1 is 0.875 bits per heavy atom. The van der Waals surface area contributed by atoms with Gasteiger partial charge in [0.2, 0.25) is 5.84 Å². The van der Waals surface area contributed by atoms with E-state index in [-0.39, 0.29) is 0 Å². The van der Waals surface area contributed by atoms with Crippen LogP contribution >= 0.6 is 15.9 Å². The van der Waals surface area contributed by atoms with Crippen LogP contribution in [0.1, 0.15) is 5.56 Å². The standard InChI is InChI=1S/C18H14BrN5/c19-15-11-9-14(10-12-15)18(23-21-16-6-2-1-3-7-16)24-22-17-8-4-5-13-20-17/h1-13,21H/b23-18+,24-22?. The number of anilines is 1. The van der Waals surface area contributed by atoms with Crippen molar-refractivity contribution < 1.29 is 0 Å². The number of hydrazone groups is 1. The summed E-state index contributed by atoms with van der Waals surface area (Å²) in [5.74, 6) is 0.999. The predicted octanol–water partition coefficient (Wildman–Crippen LogP) is 5.40. The highest BCUT2D eigenvalue weighted by Gasteiger charge is 2.03. The largest absolute Gasteiger partial charge is 0.276 e. The maximum atomic E-state index is 4.37. The molecule has 0 atom stereocenters. The van der Waals surface area contributed by atoms with Crippen LogP contribution in [-0.2, 0) is 0 Å². The van der Waals surface area contributed by atoms with Crippen molar-refractivity contribution in [2.45, 2.75) is 0 Å². The van der Waals surface area contributed by atoms with E-state index in [1.54, 1.807) is 12.3 Å². The van der Waals surface area contributed by atoms with Crippen molar-refractivity contribution in [3.8, 4) is 0 Å². The first kappa shape index (κ1) is 16.0. The molecular weight excluding hydrogens is 366 g/mol. The molecule has 0 saturated heterocycles. The normalized spacial score (nSPS) is 11.6. The average molecular weight is 380 g/mol. The van der Waals surface area contributed by atoms with Crippen LogP contribution in [0.25, 0.3) is 0 Å². The summed E-state index contributed by atoms with van der Waals surface area (Å²) in [6.07, 6.45) is 1.67. The fraction of sp³-hybridized carbons (Fsp3) is 0. The van der Waals surface area contributed by atoms with E-state index in [0.29, 0.717) is 11.7 Å². The number of halogens is 1. The lowest BCUT2D eigenvalue weighted by Gasteiger charge is -2.03. The highest BCUT2D eigenvalue weighted by Crippen LogP contribution is 2.14. The Morgan fingerprint density at radius 3 is 2.33 bits per heavy atom. The maximum Gasteiger partial charge on any atom is 0.201 e. The third kappa shape index (κ3) is 4.57. The Hall–Kier alpha value is -2.86. The molecule has 0 fully saturated rings. The van der Waals surface area contributed by atoms with Gasteiger partial charge in [-0.3, -0.25) is 5.43 Å². The van der Waals surface area contributed by atoms with Gasteiger partial charge in [-0.2, -0.15) is 5.10 Å². The number of aromatic nitrogens is 1. The first-order chi connectivity index (χ1) is 11.8. The number of pyridine rings is 1. The zero-order chi connectivity index (χ0) is 16.6. The van der Waals surface area contributed by atoms with Gasteiger partial charge in [0.1, 0.15) is 0 Å². The Kier molecular flexibility index (Phi) is 5.42. The SMILES string of the molecule is Brc1ccc(/C(N=Nc2ccccn2)=N\Nc2ccccc2)cc1. The molecule has 3 rings (SSSR count). The van der Waals surface area contributed by atoms with Crippen LogP contribution in [0.4, 0.5) is 11.5 Å². The van der Waals surface area contributed by atoms with E-state index >= 15 is 0 Å². The number of hydrogen-bond donors (Lipinski definition) is 1. The molecule has 0 spiro atoms. The van der Waals surface area contributed by atoms with Crippen molar-refractivity contribution in [1.29, 1.82) is 0 Å². The number of benzene rings is 2. The van der Waals surface area contributed by atoms with E-state index in [9.17, 15) is 0 Å². The second kappa shape index (κ2) is 8.12. The number of nitrogens with one attached hydrogen (secondary N) is 1. The fourth-order valence-corrected chi connectivity index (χ4v) is 2.15. The predicted molar refractivity (Wildman–Crippen MR) is 99.5 cm³/mol. The van der Waals surface area contributed by atoms with E-state index in [4.69, 9.17) is 0 Å². The molecule has 3 aromatic rings. The molecule has 1 aromatic heterocycles. The number of para-hydroxylation sites is 1. The average Bonchev–Trinajstić information content (AvgIpc) is 2.64. The Morgan fingerprint density at radius 2 is 1.62 bits per heavy atom. The minimum absolute atomic E-state index is 0.469. The molecular formula is C18H14BrN5. The molecule has 2 aromatic carbocycles. The fourth-order valence-electron chi connectivity index (χ4n) is 1.89. The maximum absolute atomic E-state index is 4.37. The van der Waals surface area contributed by atoms with Crippen LogP contribution in [0, 0.1) is 0 Å². The van der Waals surface area contributed by atoms with Gasteiger partial charge in [0, 0.05) is 16.2 Å². The van der Waals surface area contributed by atoms with Crippen LogP contribution in [0.2, 0.25) is 0 Å². The number of rotatable bonds is 4. The molecule has 0 bridgehead atoms. The summed E-state index contributed by atoms with van der Waals surface area (Å²) in [5.41, 5.74) is 4.72. The van der Waals surface area contributed by atoms with Gasteiger partial charge < -0.3 is 0 Å². The van der Waals surface area contributed by atoms with Crippen LogP contribution in [0.5, 0.6) is 0 Å². The molecule has 24 heavy (non-hydrogen) atoms. The van der Waals surface area contributed by atoms with Gasteiger partial charge in [-0.1, -0.05) is 40.2 Å². The van der Waals surface area contributed by atoms with Gasteiger partial charge in [-0.15, -0.1) is 10.2 Å². The molecule has 0 saturated carbocycles. The van der Waals surface area contributed by atoms with Gasteiger partial charge in [0.05, 0.1) is 5.69 Å². The minimum atomic E-state index is 0.469. The van der Waals surface area contributed by atoms with Gasteiger partial charge in [0.15, 0.2) is 5.82 Å². The zero-order valence-corrected chi connectivity index (χ0v) is 14.3. The summed E-state index contributed by atoms with van der Waals surface area (Å²) in [6, 6.07) is 22.9. The third-order valence-electron chi connectivity index (χ3n) is 3.06. The zero-order valence-electron chi connectivity index (χ0n) is 12.7. The van der Waals surface area contributed by atoms with Crippen LogP contribution in [0.3, 0.4) is 0 Å². The van der Waals surface area contributed by atoms with Crippen molar-refractivity contribution in [2.75, 3.05) is 5.43 Å². The monoisotopic (exact) mass is 379 g/mol. The molecule has 0 radical (unpaired) electrons. The van der Waals surface area contributed by atoms with E-state index in [1.165, 1.54) is 0 Å². The molecule has 0 aliphatic rings. The van der Waals surface area contributed by atoms with Crippen molar-refractivity contribution in [3.05, 3.63) is 89.0 Å². The molecule has 0 unspecified atom stereocenters. The summed E-state index contributed by atoms with van der Waals surface area (Å²) < 4.78 is 0.989. The third-order valence-corrected chi connectivity index (χ3v) is 3.59. The molecule has 0 amide bonds. The Labute approximate surface area is 148 Å². The summed E-state index contributed by atoms with van der Waals surface area (Å²) in [6.45, 7) is 0. The van der Waals surface area contributed by atoms with Crippen LogP contribution < -0.4 is 5.43 Å². The summed E-state index contributed by atoms with van der Waals surface area (Å²) >= 11 is 3.43. The first-order valence-electron chi connectivity index (χ1n) is 7.29. The van der Waals surface area contributed by atoms with Crippen LogP contribution in [0.15, 0.2) is 98.8 Å². The van der Waals surface area contributed by atoms with Gasteiger partial charge in [-0.25, -0.2) is 4.98 Å². The number of hydrogen-bond acceptors (Lipinski definition) is 4. The molecule has 0 aliphatic heterocycles. The lowest BCUT2D eigenvalue weighted by atomic mass is 10.2. The van der Waals surface area contributed by atoms with E-state index in [0.717, 1.165) is 15.7 Å². The first-order valence-corrected chi connectivity index (χ1v) is 8.08. The van der Waals surface area contributed by atoms with Gasteiger partial charge >= 0.3 is 0 Å². The van der Waals surface area contributed by atoms with Crippen molar-refractivity contribution >= 4 is 33.3 Å². The van der Waals surface area contributed by atoms with Crippen molar-refractivity contribution in [1.82, 2.24) is 4.98 Å². The Bertz CT molecular complexity index is 830. The topological polar surface area (TPSA) is 62.0 Å². The van der Waals surface area contributed by atoms with Crippen molar-refractivity contribution in [3.63, 3.8) is 0 Å².